The summed E-state index contributed by atoms with van der Waals surface area (Å²) in [6.07, 6.45) is 5.30. The number of ether oxygens (including phenoxy) is 2. The fourth-order valence-electron chi connectivity index (χ4n) is 6.48. The van der Waals surface area contributed by atoms with E-state index < -0.39 is 23.3 Å². The first-order valence-corrected chi connectivity index (χ1v) is 15.5. The molecule has 2 fully saturated rings. The Hall–Kier alpha value is -3.99. The van der Waals surface area contributed by atoms with Crippen LogP contribution < -0.4 is 10.2 Å². The molecule has 1 aromatic carbocycles. The summed E-state index contributed by atoms with van der Waals surface area (Å²) >= 11 is 0.871. The van der Waals surface area contributed by atoms with Crippen LogP contribution in [0.5, 0.6) is 0 Å². The zero-order valence-corrected chi connectivity index (χ0v) is 25.5. The Balaban J connectivity index is 1.35. The Morgan fingerprint density at radius 1 is 1.16 bits per heavy atom. The number of nitrogens with zero attached hydrogens (tertiary/aromatic N) is 6. The third-order valence-electron chi connectivity index (χ3n) is 8.42. The Labute approximate surface area is 256 Å². The van der Waals surface area contributed by atoms with Gasteiger partial charge in [0.15, 0.2) is 11.6 Å². The van der Waals surface area contributed by atoms with Gasteiger partial charge in [-0.15, -0.1) is 11.3 Å². The maximum atomic E-state index is 16.8. The largest absolute Gasteiger partial charge is 0.444 e. The van der Waals surface area contributed by atoms with Crippen molar-refractivity contribution in [3.63, 3.8) is 0 Å². The number of hydrogen-bond acceptors (Lipinski definition) is 10. The first kappa shape index (κ1) is 28.8. The lowest BCUT2D eigenvalue weighted by atomic mass is 9.94. The molecule has 3 aromatic heterocycles. The van der Waals surface area contributed by atoms with Gasteiger partial charge < -0.3 is 14.4 Å². The van der Waals surface area contributed by atoms with Gasteiger partial charge in [0.2, 0.25) is 5.95 Å². The Morgan fingerprint density at radius 3 is 2.68 bits per heavy atom. The van der Waals surface area contributed by atoms with Gasteiger partial charge >= 0.3 is 6.09 Å². The molecule has 1 atom stereocenters. The number of amides is 1. The van der Waals surface area contributed by atoms with Gasteiger partial charge in [-0.2, -0.15) is 5.26 Å². The monoisotopic (exact) mass is 619 g/mol. The van der Waals surface area contributed by atoms with Crippen molar-refractivity contribution in [1.82, 2.24) is 19.9 Å². The van der Waals surface area contributed by atoms with Crippen LogP contribution in [-0.2, 0) is 22.7 Å². The van der Waals surface area contributed by atoms with Crippen LogP contribution >= 0.6 is 11.3 Å². The van der Waals surface area contributed by atoms with E-state index in [9.17, 15) is 10.1 Å². The second-order valence-electron chi connectivity index (χ2n) is 12.4. The lowest BCUT2D eigenvalue weighted by Gasteiger charge is -2.23. The van der Waals surface area contributed by atoms with E-state index in [1.54, 1.807) is 27.0 Å². The van der Waals surface area contributed by atoms with Gasteiger partial charge in [-0.1, -0.05) is 0 Å². The number of anilines is 2. The van der Waals surface area contributed by atoms with Crippen LogP contribution in [0.2, 0.25) is 0 Å². The number of nitrogens with one attached hydrogen (secondary N) is 1. The number of carbonyl (C=O) groups is 1. The number of rotatable bonds is 4. The van der Waals surface area contributed by atoms with Crippen LogP contribution in [0.4, 0.5) is 24.5 Å². The minimum atomic E-state index is -0.792. The van der Waals surface area contributed by atoms with Crippen molar-refractivity contribution < 1.29 is 23.0 Å². The maximum Gasteiger partial charge on any atom is 0.412 e. The number of halogens is 2. The second kappa shape index (κ2) is 10.9. The molecule has 3 aliphatic heterocycles. The number of hydrogen-bond donors (Lipinski definition) is 1. The van der Waals surface area contributed by atoms with Gasteiger partial charge in [0.05, 0.1) is 35.4 Å². The molecule has 2 saturated heterocycles. The second-order valence-corrected chi connectivity index (χ2v) is 13.4. The Bertz CT molecular complexity index is 1860. The van der Waals surface area contributed by atoms with Gasteiger partial charge in [-0.05, 0) is 64.3 Å². The molecule has 0 aliphatic carbocycles. The highest BCUT2D eigenvalue weighted by molar-refractivity contribution is 7.23. The van der Waals surface area contributed by atoms with Crippen molar-refractivity contribution in [3.8, 4) is 17.3 Å². The lowest BCUT2D eigenvalue weighted by Crippen LogP contribution is -2.35. The van der Waals surface area contributed by atoms with Crippen LogP contribution in [-0.4, -0.2) is 63.8 Å². The highest BCUT2D eigenvalue weighted by Crippen LogP contribution is 2.46. The molecule has 3 aliphatic rings. The molecule has 228 valence electrons. The van der Waals surface area contributed by atoms with Crippen molar-refractivity contribution in [1.29, 1.82) is 5.26 Å². The Morgan fingerprint density at radius 2 is 1.93 bits per heavy atom. The van der Waals surface area contributed by atoms with E-state index in [-0.39, 0.29) is 50.6 Å². The molecule has 1 amide bonds. The molecule has 0 spiro atoms. The zero-order valence-electron chi connectivity index (χ0n) is 24.7. The van der Waals surface area contributed by atoms with E-state index in [1.165, 1.54) is 12.8 Å². The van der Waals surface area contributed by atoms with Crippen LogP contribution in [0.1, 0.15) is 56.7 Å². The smallest absolute Gasteiger partial charge is 0.412 e. The van der Waals surface area contributed by atoms with Crippen molar-refractivity contribution >= 4 is 49.4 Å². The van der Waals surface area contributed by atoms with Crippen LogP contribution in [0.3, 0.4) is 0 Å². The third-order valence-corrected chi connectivity index (χ3v) is 9.54. The summed E-state index contributed by atoms with van der Waals surface area (Å²) < 4.78 is 43.1. The summed E-state index contributed by atoms with van der Waals surface area (Å²) in [5, 5.41) is 13.5. The van der Waals surface area contributed by atoms with E-state index in [0.29, 0.717) is 22.9 Å². The number of thiophene rings is 1. The molecular formula is C31H31F2N7O3S. The summed E-state index contributed by atoms with van der Waals surface area (Å²) in [6.45, 7) is 9.22. The molecule has 6 heterocycles. The average molecular weight is 620 g/mol. The predicted molar refractivity (Wildman–Crippen MR) is 163 cm³/mol. The van der Waals surface area contributed by atoms with Gasteiger partial charge in [-0.25, -0.2) is 23.5 Å². The molecule has 0 bridgehead atoms. The van der Waals surface area contributed by atoms with Crippen LogP contribution in [0.25, 0.3) is 32.2 Å². The topological polar surface area (TPSA) is 116 Å². The van der Waals surface area contributed by atoms with E-state index >= 15 is 8.78 Å². The lowest BCUT2D eigenvalue weighted by molar-refractivity contribution is 0.0636. The summed E-state index contributed by atoms with van der Waals surface area (Å²) in [7, 11) is 0. The normalized spacial score (nSPS) is 18.7. The number of likely N-dealkylation sites (tertiary alicyclic amines) is 1. The first-order valence-electron chi connectivity index (χ1n) is 14.7. The van der Waals surface area contributed by atoms with Gasteiger partial charge in [0.25, 0.3) is 0 Å². The number of aromatic nitrogens is 3. The summed E-state index contributed by atoms with van der Waals surface area (Å²) in [5.41, 5.74) is 0.790. The van der Waals surface area contributed by atoms with E-state index in [0.717, 1.165) is 55.7 Å². The first-order chi connectivity index (χ1) is 21.1. The fourth-order valence-corrected chi connectivity index (χ4v) is 7.52. The predicted octanol–water partition coefficient (Wildman–Crippen LogP) is 6.11. The molecule has 7 rings (SSSR count). The van der Waals surface area contributed by atoms with E-state index in [4.69, 9.17) is 14.5 Å². The van der Waals surface area contributed by atoms with Gasteiger partial charge in [0, 0.05) is 41.7 Å². The third kappa shape index (κ3) is 4.91. The molecule has 0 unspecified atom stereocenters. The summed E-state index contributed by atoms with van der Waals surface area (Å²) in [6, 6.07) is 2.49. The zero-order chi connectivity index (χ0) is 30.7. The highest BCUT2D eigenvalue weighted by Gasteiger charge is 2.33. The van der Waals surface area contributed by atoms with Crippen molar-refractivity contribution in [2.45, 2.75) is 64.9 Å². The van der Waals surface area contributed by atoms with Crippen LogP contribution in [0.15, 0.2) is 12.4 Å². The quantitative estimate of drug-likeness (QED) is 0.289. The van der Waals surface area contributed by atoms with Crippen molar-refractivity contribution in [3.05, 3.63) is 40.7 Å². The minimum absolute atomic E-state index is 0.0292. The molecule has 10 nitrogen and oxygen atoms in total. The van der Waals surface area contributed by atoms with Crippen molar-refractivity contribution in [2.75, 3.05) is 36.4 Å². The van der Waals surface area contributed by atoms with E-state index in [2.05, 4.69) is 31.2 Å². The number of pyridine rings is 1. The highest BCUT2D eigenvalue weighted by atomic mass is 32.1. The fraction of sp³-hybridized carbons (Fsp3) is 0.452. The molecule has 13 heteroatoms. The molecule has 44 heavy (non-hydrogen) atoms. The van der Waals surface area contributed by atoms with E-state index in [1.807, 2.05) is 0 Å². The number of benzene rings is 1. The van der Waals surface area contributed by atoms with Crippen LogP contribution in [0, 0.1) is 23.0 Å². The molecule has 0 radical (unpaired) electrons. The molecule has 0 saturated carbocycles. The summed E-state index contributed by atoms with van der Waals surface area (Å²) in [5.74, 6) is -0.875. The number of nitriles is 1. The average Bonchev–Trinajstić information content (AvgIpc) is 3.79. The summed E-state index contributed by atoms with van der Waals surface area (Å²) in [4.78, 5) is 30.8. The molecule has 4 aromatic rings. The van der Waals surface area contributed by atoms with Gasteiger partial charge in [-0.3, -0.25) is 15.2 Å². The Kier molecular flexibility index (Phi) is 7.10. The molecule has 1 N–H and O–H groups in total. The maximum absolute atomic E-state index is 16.8. The number of carbonyl (C=O) groups excluding carboxylic acids is 1. The van der Waals surface area contributed by atoms with Gasteiger partial charge in [0.1, 0.15) is 22.2 Å². The SMILES string of the molecule is CC(C)(C)OC(=O)Nc1sc2c(F)cnc(-c3c4c(c5cnc(N6CC[C@H](N7CCCC7)C6)nc5c3F)COC4)c2c1C#N. The number of fused-ring (bicyclic) bond motifs is 4. The minimum Gasteiger partial charge on any atom is -0.444 e. The van der Waals surface area contributed by atoms with Crippen molar-refractivity contribution in [2.24, 2.45) is 0 Å². The standard InChI is InChI=1S/C31H31F2N7O3S/c1-31(2,3)43-30(41)38-28-17(10-34)23-26(35-12-21(32)27(23)44-28)22-20-15-42-14-19(20)18-11-36-29(37-25(18)24(22)33)40-9-6-16(13-40)39-7-4-5-8-39/h11-12,16H,4-9,13-15H2,1-3H3,(H,38,41)/t16-/m0/s1. The molecular weight excluding hydrogens is 588 g/mol.